The molecule has 5 heteroatoms. The number of amides is 1. The van der Waals surface area contributed by atoms with Gasteiger partial charge in [-0.3, -0.25) is 4.79 Å². The molecule has 1 aromatic heterocycles. The topological polar surface area (TPSA) is 78.7 Å². The molecule has 3 aromatic rings. The van der Waals surface area contributed by atoms with Gasteiger partial charge in [0.05, 0.1) is 17.1 Å². The van der Waals surface area contributed by atoms with Crippen molar-refractivity contribution >= 4 is 22.5 Å². The standard InChI is InChI=1S/C17H12N4O/c1-11-19-15-5-3-2-4-14(15)16(20-11)17(22)21-13-8-6-12(10-18)7-9-13/h2-9H,1H3,(H,21,22). The zero-order chi connectivity index (χ0) is 15.5. The van der Waals surface area contributed by atoms with E-state index in [0.29, 0.717) is 28.2 Å². The van der Waals surface area contributed by atoms with Gasteiger partial charge in [-0.25, -0.2) is 9.97 Å². The van der Waals surface area contributed by atoms with Gasteiger partial charge >= 0.3 is 0 Å². The number of anilines is 1. The second-order valence-electron chi connectivity index (χ2n) is 4.78. The molecule has 22 heavy (non-hydrogen) atoms. The number of rotatable bonds is 2. The molecule has 0 radical (unpaired) electrons. The Morgan fingerprint density at radius 2 is 1.82 bits per heavy atom. The summed E-state index contributed by atoms with van der Waals surface area (Å²) in [7, 11) is 0. The lowest BCUT2D eigenvalue weighted by molar-refractivity contribution is 0.102. The average molecular weight is 288 g/mol. The fraction of sp³-hybridized carbons (Fsp3) is 0.0588. The molecular weight excluding hydrogens is 276 g/mol. The van der Waals surface area contributed by atoms with Gasteiger partial charge < -0.3 is 5.32 Å². The third-order valence-electron chi connectivity index (χ3n) is 3.20. The Labute approximate surface area is 127 Å². The number of hydrogen-bond donors (Lipinski definition) is 1. The van der Waals surface area contributed by atoms with Crippen molar-refractivity contribution in [2.24, 2.45) is 0 Å². The molecule has 0 saturated heterocycles. The van der Waals surface area contributed by atoms with E-state index < -0.39 is 0 Å². The van der Waals surface area contributed by atoms with Crippen LogP contribution in [0.3, 0.4) is 0 Å². The Balaban J connectivity index is 1.96. The van der Waals surface area contributed by atoms with Gasteiger partial charge in [0.2, 0.25) is 0 Å². The molecule has 0 atom stereocenters. The number of nitrogens with one attached hydrogen (secondary N) is 1. The maximum absolute atomic E-state index is 12.5. The fourth-order valence-corrected chi connectivity index (χ4v) is 2.18. The van der Waals surface area contributed by atoms with Crippen LogP contribution < -0.4 is 5.32 Å². The molecule has 3 rings (SSSR count). The number of benzene rings is 2. The minimum absolute atomic E-state index is 0.300. The van der Waals surface area contributed by atoms with Gasteiger partial charge in [-0.1, -0.05) is 18.2 Å². The van der Waals surface area contributed by atoms with E-state index in [4.69, 9.17) is 5.26 Å². The van der Waals surface area contributed by atoms with E-state index in [1.807, 2.05) is 30.3 Å². The molecule has 0 bridgehead atoms. The highest BCUT2D eigenvalue weighted by Gasteiger charge is 2.13. The van der Waals surface area contributed by atoms with Crippen LogP contribution in [0.15, 0.2) is 48.5 Å². The molecule has 1 amide bonds. The third-order valence-corrected chi connectivity index (χ3v) is 3.20. The van der Waals surface area contributed by atoms with E-state index in [1.165, 1.54) is 0 Å². The first-order valence-corrected chi connectivity index (χ1v) is 6.72. The Hall–Kier alpha value is -3.26. The Bertz CT molecular complexity index is 895. The van der Waals surface area contributed by atoms with Crippen molar-refractivity contribution in [2.75, 3.05) is 5.32 Å². The summed E-state index contributed by atoms with van der Waals surface area (Å²) in [6.07, 6.45) is 0. The van der Waals surface area contributed by atoms with E-state index in [9.17, 15) is 4.79 Å². The number of fused-ring (bicyclic) bond motifs is 1. The maximum atomic E-state index is 12.5. The highest BCUT2D eigenvalue weighted by atomic mass is 16.1. The molecule has 2 aromatic carbocycles. The lowest BCUT2D eigenvalue weighted by atomic mass is 10.1. The maximum Gasteiger partial charge on any atom is 0.275 e. The van der Waals surface area contributed by atoms with Crippen molar-refractivity contribution in [1.82, 2.24) is 9.97 Å². The molecule has 0 spiro atoms. The predicted octanol–water partition coefficient (Wildman–Crippen LogP) is 3.06. The van der Waals surface area contributed by atoms with E-state index in [-0.39, 0.29) is 5.91 Å². The number of aromatic nitrogens is 2. The zero-order valence-electron chi connectivity index (χ0n) is 11.9. The lowest BCUT2D eigenvalue weighted by Gasteiger charge is -2.08. The van der Waals surface area contributed by atoms with E-state index in [0.717, 1.165) is 5.52 Å². The molecule has 5 nitrogen and oxygen atoms in total. The molecule has 0 saturated carbocycles. The molecule has 0 aliphatic rings. The summed E-state index contributed by atoms with van der Waals surface area (Å²) in [5, 5.41) is 12.3. The van der Waals surface area contributed by atoms with Crippen LogP contribution in [-0.2, 0) is 0 Å². The van der Waals surface area contributed by atoms with Crippen LogP contribution in [0.2, 0.25) is 0 Å². The quantitative estimate of drug-likeness (QED) is 0.786. The summed E-state index contributed by atoms with van der Waals surface area (Å²) in [5.74, 6) is 0.245. The van der Waals surface area contributed by atoms with E-state index >= 15 is 0 Å². The highest BCUT2D eigenvalue weighted by molar-refractivity contribution is 6.10. The number of carbonyl (C=O) groups excluding carboxylic acids is 1. The number of nitrogens with zero attached hydrogens (tertiary/aromatic N) is 3. The van der Waals surface area contributed by atoms with Crippen molar-refractivity contribution in [1.29, 1.82) is 5.26 Å². The minimum Gasteiger partial charge on any atom is -0.321 e. The summed E-state index contributed by atoms with van der Waals surface area (Å²) in [6.45, 7) is 1.75. The van der Waals surface area contributed by atoms with Crippen molar-refractivity contribution < 1.29 is 4.79 Å². The van der Waals surface area contributed by atoms with E-state index in [1.54, 1.807) is 31.2 Å². The number of hydrogen-bond acceptors (Lipinski definition) is 4. The summed E-state index contributed by atoms with van der Waals surface area (Å²) >= 11 is 0. The van der Waals surface area contributed by atoms with Crippen molar-refractivity contribution in [3.8, 4) is 6.07 Å². The van der Waals surface area contributed by atoms with Gasteiger partial charge in [0.15, 0.2) is 0 Å². The van der Waals surface area contributed by atoms with Gasteiger partial charge in [0.1, 0.15) is 11.5 Å². The molecule has 106 valence electrons. The average Bonchev–Trinajstić information content (AvgIpc) is 2.54. The van der Waals surface area contributed by atoms with Gasteiger partial charge in [0.25, 0.3) is 5.91 Å². The molecular formula is C17H12N4O. The molecule has 0 aliphatic heterocycles. The molecule has 1 N–H and O–H groups in total. The van der Waals surface area contributed by atoms with Gasteiger partial charge in [-0.2, -0.15) is 5.26 Å². The summed E-state index contributed by atoms with van der Waals surface area (Å²) in [4.78, 5) is 21.0. The van der Waals surface area contributed by atoms with E-state index in [2.05, 4.69) is 15.3 Å². The summed E-state index contributed by atoms with van der Waals surface area (Å²) in [5.41, 5.74) is 2.23. The number of nitriles is 1. The van der Waals surface area contributed by atoms with Crippen molar-refractivity contribution in [3.63, 3.8) is 0 Å². The van der Waals surface area contributed by atoms with Gasteiger partial charge in [0, 0.05) is 11.1 Å². The smallest absolute Gasteiger partial charge is 0.275 e. The van der Waals surface area contributed by atoms with Crippen LogP contribution in [0, 0.1) is 18.3 Å². The van der Waals surface area contributed by atoms with Crippen LogP contribution in [0.5, 0.6) is 0 Å². The lowest BCUT2D eigenvalue weighted by Crippen LogP contribution is -2.15. The summed E-state index contributed by atoms with van der Waals surface area (Å²) < 4.78 is 0. The van der Waals surface area contributed by atoms with Crippen LogP contribution >= 0.6 is 0 Å². The minimum atomic E-state index is -0.300. The van der Waals surface area contributed by atoms with Gasteiger partial charge in [-0.05, 0) is 37.3 Å². The van der Waals surface area contributed by atoms with Crippen LogP contribution in [0.1, 0.15) is 21.9 Å². The molecule has 1 heterocycles. The fourth-order valence-electron chi connectivity index (χ4n) is 2.18. The van der Waals surface area contributed by atoms with Gasteiger partial charge in [-0.15, -0.1) is 0 Å². The Morgan fingerprint density at radius 1 is 1.09 bits per heavy atom. The molecule has 0 unspecified atom stereocenters. The summed E-state index contributed by atoms with van der Waals surface area (Å²) in [6, 6.07) is 16.1. The first kappa shape index (κ1) is 13.7. The number of aryl methyl sites for hydroxylation is 1. The number of para-hydroxylation sites is 1. The Morgan fingerprint density at radius 3 is 2.55 bits per heavy atom. The second-order valence-corrected chi connectivity index (χ2v) is 4.78. The monoisotopic (exact) mass is 288 g/mol. The van der Waals surface area contributed by atoms with Crippen LogP contribution in [0.25, 0.3) is 10.9 Å². The largest absolute Gasteiger partial charge is 0.321 e. The molecule has 0 aliphatic carbocycles. The van der Waals surface area contributed by atoms with Crippen LogP contribution in [-0.4, -0.2) is 15.9 Å². The second kappa shape index (κ2) is 5.62. The number of carbonyl (C=O) groups is 1. The first-order chi connectivity index (χ1) is 10.7. The predicted molar refractivity (Wildman–Crippen MR) is 83.4 cm³/mol. The normalized spacial score (nSPS) is 10.2. The zero-order valence-corrected chi connectivity index (χ0v) is 11.9. The molecule has 0 fully saturated rings. The van der Waals surface area contributed by atoms with Crippen molar-refractivity contribution in [2.45, 2.75) is 6.92 Å². The van der Waals surface area contributed by atoms with Crippen LogP contribution in [0.4, 0.5) is 5.69 Å². The first-order valence-electron chi connectivity index (χ1n) is 6.72. The Kier molecular flexibility index (Phi) is 3.50. The van der Waals surface area contributed by atoms with Crippen molar-refractivity contribution in [3.05, 3.63) is 65.6 Å². The highest BCUT2D eigenvalue weighted by Crippen LogP contribution is 2.17. The SMILES string of the molecule is Cc1nc(C(=O)Nc2ccc(C#N)cc2)c2ccccc2n1. The third kappa shape index (κ3) is 2.63.